The zero-order valence-corrected chi connectivity index (χ0v) is 10.4. The molecule has 2 N–H and O–H groups in total. The maximum atomic E-state index is 11.2. The molecule has 0 aliphatic rings. The molecule has 18 heavy (non-hydrogen) atoms. The van der Waals surface area contributed by atoms with E-state index in [1.807, 2.05) is 17.8 Å². The van der Waals surface area contributed by atoms with Crippen molar-refractivity contribution in [2.45, 2.75) is 13.1 Å². The zero-order chi connectivity index (χ0) is 13.0. The maximum Gasteiger partial charge on any atom is 0.241 e. The summed E-state index contributed by atoms with van der Waals surface area (Å²) in [5.74, 6) is -0.0729. The van der Waals surface area contributed by atoms with E-state index in [-0.39, 0.29) is 12.5 Å². The molecule has 2 aromatic rings. The maximum absolute atomic E-state index is 11.2. The van der Waals surface area contributed by atoms with E-state index in [4.69, 9.17) is 0 Å². The largest absolute Gasteiger partial charge is 0.377 e. The number of hydrogen-bond acceptors (Lipinski definition) is 4. The molecule has 1 amide bonds. The number of likely N-dealkylation sites (N-methyl/N-ethyl adjacent to an activating group) is 1. The molecule has 7 nitrogen and oxygen atoms in total. The molecule has 2 rings (SSSR count). The van der Waals surface area contributed by atoms with Crippen LogP contribution in [0.4, 0.5) is 5.69 Å². The van der Waals surface area contributed by atoms with Gasteiger partial charge in [0.2, 0.25) is 5.91 Å². The Kier molecular flexibility index (Phi) is 3.61. The highest BCUT2D eigenvalue weighted by Crippen LogP contribution is 2.07. The number of nitrogens with zero attached hydrogens (tertiary/aromatic N) is 4. The van der Waals surface area contributed by atoms with Gasteiger partial charge in [0.1, 0.15) is 6.54 Å². The monoisotopic (exact) mass is 248 g/mol. The first-order chi connectivity index (χ1) is 8.69. The molecule has 0 spiro atoms. The lowest BCUT2D eigenvalue weighted by atomic mass is 10.4. The third kappa shape index (κ3) is 2.88. The van der Waals surface area contributed by atoms with Crippen molar-refractivity contribution in [3.63, 3.8) is 0 Å². The normalized spacial score (nSPS) is 10.3. The predicted molar refractivity (Wildman–Crippen MR) is 66.8 cm³/mol. The molecule has 0 aromatic carbocycles. The number of aryl methyl sites for hydroxylation is 1. The summed E-state index contributed by atoms with van der Waals surface area (Å²) >= 11 is 0. The molecule has 0 unspecified atom stereocenters. The fourth-order valence-corrected chi connectivity index (χ4v) is 1.52. The number of amides is 1. The molecule has 0 radical (unpaired) electrons. The van der Waals surface area contributed by atoms with Gasteiger partial charge in [0, 0.05) is 26.5 Å². The van der Waals surface area contributed by atoms with Gasteiger partial charge in [-0.1, -0.05) is 0 Å². The molecular weight excluding hydrogens is 232 g/mol. The second-order valence-corrected chi connectivity index (χ2v) is 3.95. The third-order valence-electron chi connectivity index (χ3n) is 2.61. The quantitative estimate of drug-likeness (QED) is 0.779. The molecular formula is C11H16N6O. The molecule has 0 aliphatic heterocycles. The van der Waals surface area contributed by atoms with Crippen molar-refractivity contribution in [2.24, 2.45) is 7.05 Å². The van der Waals surface area contributed by atoms with Crippen molar-refractivity contribution < 1.29 is 4.79 Å². The van der Waals surface area contributed by atoms with Crippen LogP contribution in [0.1, 0.15) is 5.69 Å². The van der Waals surface area contributed by atoms with Gasteiger partial charge in [-0.15, -0.1) is 0 Å². The van der Waals surface area contributed by atoms with Crippen LogP contribution in [0.15, 0.2) is 24.9 Å². The van der Waals surface area contributed by atoms with Crippen LogP contribution in [0.5, 0.6) is 0 Å². The Labute approximate surface area is 105 Å². The molecule has 0 atom stereocenters. The molecule has 2 aromatic heterocycles. The van der Waals surface area contributed by atoms with Crippen LogP contribution in [0.2, 0.25) is 0 Å². The smallest absolute Gasteiger partial charge is 0.241 e. The van der Waals surface area contributed by atoms with Gasteiger partial charge in [0.05, 0.1) is 30.5 Å². The average Bonchev–Trinajstić information content (AvgIpc) is 2.96. The number of carbonyl (C=O) groups excluding carboxylic acids is 1. The highest BCUT2D eigenvalue weighted by molar-refractivity contribution is 5.75. The minimum absolute atomic E-state index is 0.0729. The summed E-state index contributed by atoms with van der Waals surface area (Å²) < 4.78 is 3.53. The van der Waals surface area contributed by atoms with Crippen LogP contribution in [0, 0.1) is 0 Å². The van der Waals surface area contributed by atoms with Gasteiger partial charge in [0.15, 0.2) is 0 Å². The van der Waals surface area contributed by atoms with Crippen molar-refractivity contribution in [1.29, 1.82) is 0 Å². The van der Waals surface area contributed by atoms with Crippen LogP contribution in [0.25, 0.3) is 0 Å². The Balaban J connectivity index is 1.91. The van der Waals surface area contributed by atoms with Crippen LogP contribution in [-0.4, -0.2) is 32.3 Å². The van der Waals surface area contributed by atoms with E-state index in [2.05, 4.69) is 20.7 Å². The standard InChI is InChI=1S/C11H16N6O/c1-12-11(18)7-17-6-9(3-15-17)14-5-10-4-13-8-16(10)2/h3-4,6,8,14H,5,7H2,1-2H3,(H,12,18). The average molecular weight is 248 g/mol. The van der Waals surface area contributed by atoms with Crippen molar-refractivity contribution in [2.75, 3.05) is 12.4 Å². The van der Waals surface area contributed by atoms with Crippen LogP contribution in [-0.2, 0) is 24.9 Å². The van der Waals surface area contributed by atoms with E-state index in [9.17, 15) is 4.79 Å². The van der Waals surface area contributed by atoms with E-state index in [1.165, 1.54) is 0 Å². The van der Waals surface area contributed by atoms with Gasteiger partial charge in [-0.25, -0.2) is 4.98 Å². The Bertz CT molecular complexity index is 529. The van der Waals surface area contributed by atoms with Gasteiger partial charge in [-0.3, -0.25) is 9.48 Å². The zero-order valence-electron chi connectivity index (χ0n) is 10.4. The summed E-state index contributed by atoms with van der Waals surface area (Å²) in [7, 11) is 3.55. The molecule has 0 saturated carbocycles. The first-order valence-corrected chi connectivity index (χ1v) is 5.61. The minimum Gasteiger partial charge on any atom is -0.377 e. The number of anilines is 1. The van der Waals surface area contributed by atoms with Crippen molar-refractivity contribution in [3.05, 3.63) is 30.6 Å². The van der Waals surface area contributed by atoms with Gasteiger partial charge in [0.25, 0.3) is 0 Å². The predicted octanol–water partition coefficient (Wildman–Crippen LogP) is -0.0253. The third-order valence-corrected chi connectivity index (χ3v) is 2.61. The number of carbonyl (C=O) groups is 1. The molecule has 7 heteroatoms. The summed E-state index contributed by atoms with van der Waals surface area (Å²) in [4.78, 5) is 15.2. The lowest BCUT2D eigenvalue weighted by Gasteiger charge is -2.03. The SMILES string of the molecule is CNC(=O)Cn1cc(NCc2cncn2C)cn1. The molecule has 0 saturated heterocycles. The highest BCUT2D eigenvalue weighted by atomic mass is 16.1. The van der Waals surface area contributed by atoms with Gasteiger partial charge in [-0.05, 0) is 0 Å². The van der Waals surface area contributed by atoms with Crippen LogP contribution >= 0.6 is 0 Å². The lowest BCUT2D eigenvalue weighted by molar-refractivity contribution is -0.121. The lowest BCUT2D eigenvalue weighted by Crippen LogP contribution is -2.23. The van der Waals surface area contributed by atoms with Crippen LogP contribution in [0.3, 0.4) is 0 Å². The summed E-state index contributed by atoms with van der Waals surface area (Å²) in [6, 6.07) is 0. The van der Waals surface area contributed by atoms with E-state index in [1.54, 1.807) is 30.5 Å². The summed E-state index contributed by atoms with van der Waals surface area (Å²) in [5.41, 5.74) is 1.95. The van der Waals surface area contributed by atoms with Crippen molar-refractivity contribution >= 4 is 11.6 Å². The summed E-state index contributed by atoms with van der Waals surface area (Å²) in [5, 5.41) is 9.87. The Morgan fingerprint density at radius 2 is 2.28 bits per heavy atom. The number of aromatic nitrogens is 4. The summed E-state index contributed by atoms with van der Waals surface area (Å²) in [6.07, 6.45) is 7.05. The molecule has 2 heterocycles. The molecule has 0 fully saturated rings. The first kappa shape index (κ1) is 12.2. The number of rotatable bonds is 5. The Morgan fingerprint density at radius 3 is 2.94 bits per heavy atom. The molecule has 96 valence electrons. The first-order valence-electron chi connectivity index (χ1n) is 5.61. The molecule has 0 bridgehead atoms. The second kappa shape index (κ2) is 5.35. The van der Waals surface area contributed by atoms with Crippen LogP contribution < -0.4 is 10.6 Å². The Morgan fingerprint density at radius 1 is 1.44 bits per heavy atom. The van der Waals surface area contributed by atoms with Crippen molar-refractivity contribution in [1.82, 2.24) is 24.6 Å². The van der Waals surface area contributed by atoms with Crippen molar-refractivity contribution in [3.8, 4) is 0 Å². The van der Waals surface area contributed by atoms with Gasteiger partial charge >= 0.3 is 0 Å². The topological polar surface area (TPSA) is 76.8 Å². The minimum atomic E-state index is -0.0729. The number of imidazole rings is 1. The van der Waals surface area contributed by atoms with E-state index < -0.39 is 0 Å². The van der Waals surface area contributed by atoms with E-state index >= 15 is 0 Å². The fraction of sp³-hybridized carbons (Fsp3) is 0.364. The summed E-state index contributed by atoms with van der Waals surface area (Å²) in [6.45, 7) is 0.895. The number of nitrogens with one attached hydrogen (secondary N) is 2. The van der Waals surface area contributed by atoms with E-state index in [0.717, 1.165) is 11.4 Å². The van der Waals surface area contributed by atoms with Gasteiger partial charge < -0.3 is 15.2 Å². The molecule has 0 aliphatic carbocycles. The van der Waals surface area contributed by atoms with E-state index in [0.29, 0.717) is 6.54 Å². The fourth-order valence-electron chi connectivity index (χ4n) is 1.52. The van der Waals surface area contributed by atoms with Gasteiger partial charge in [-0.2, -0.15) is 5.10 Å². The second-order valence-electron chi connectivity index (χ2n) is 3.95. The highest BCUT2D eigenvalue weighted by Gasteiger charge is 2.03. The number of hydrogen-bond donors (Lipinski definition) is 2. The Hall–Kier alpha value is -2.31.